The molecule has 0 radical (unpaired) electrons. The zero-order valence-electron chi connectivity index (χ0n) is 9.97. The van der Waals surface area contributed by atoms with E-state index in [0.29, 0.717) is 0 Å². The maximum absolute atomic E-state index is 11.5. The van der Waals surface area contributed by atoms with E-state index in [9.17, 15) is 9.59 Å². The van der Waals surface area contributed by atoms with Crippen LogP contribution in [0.1, 0.15) is 31.4 Å². The number of nitrogens with zero attached hydrogens (tertiary/aromatic N) is 1. The van der Waals surface area contributed by atoms with Gasteiger partial charge in [0.1, 0.15) is 0 Å². The first-order valence-electron chi connectivity index (χ1n) is 5.39. The van der Waals surface area contributed by atoms with Crippen LogP contribution in [0.25, 0.3) is 0 Å². The molecule has 0 saturated carbocycles. The molecule has 1 aromatic rings. The summed E-state index contributed by atoms with van der Waals surface area (Å²) in [5, 5.41) is 2.79. The van der Waals surface area contributed by atoms with E-state index in [2.05, 4.69) is 15.0 Å². The summed E-state index contributed by atoms with van der Waals surface area (Å²) in [5.74, 6) is -0.555. The van der Waals surface area contributed by atoms with Gasteiger partial charge < -0.3 is 10.1 Å². The van der Waals surface area contributed by atoms with Crippen molar-refractivity contribution >= 4 is 11.9 Å². The van der Waals surface area contributed by atoms with Gasteiger partial charge in [-0.15, -0.1) is 0 Å². The molecule has 0 aromatic carbocycles. The molecular weight excluding hydrogens is 220 g/mol. The Morgan fingerprint density at radius 1 is 1.47 bits per heavy atom. The number of hydrogen-bond donors (Lipinski definition) is 1. The van der Waals surface area contributed by atoms with Gasteiger partial charge in [-0.2, -0.15) is 0 Å². The molecule has 1 rings (SSSR count). The van der Waals surface area contributed by atoms with Crippen molar-refractivity contribution in [3.63, 3.8) is 0 Å². The molecule has 1 unspecified atom stereocenters. The Morgan fingerprint density at radius 2 is 2.24 bits per heavy atom. The van der Waals surface area contributed by atoms with E-state index in [1.807, 2.05) is 19.1 Å². The van der Waals surface area contributed by atoms with Crippen LogP contribution in [0.15, 0.2) is 24.5 Å². The van der Waals surface area contributed by atoms with Gasteiger partial charge in [0.05, 0.1) is 19.6 Å². The molecule has 0 aliphatic heterocycles. The quantitative estimate of drug-likeness (QED) is 0.780. The van der Waals surface area contributed by atoms with Gasteiger partial charge in [-0.05, 0) is 18.6 Å². The van der Waals surface area contributed by atoms with Crippen molar-refractivity contribution in [2.24, 2.45) is 0 Å². The second-order valence-electron chi connectivity index (χ2n) is 3.65. The molecule has 1 N–H and O–H groups in total. The minimum absolute atomic E-state index is 0.0993. The molecule has 1 aromatic heterocycles. The first-order valence-corrected chi connectivity index (χ1v) is 5.39. The monoisotopic (exact) mass is 236 g/mol. The van der Waals surface area contributed by atoms with Crippen LogP contribution in [0, 0.1) is 0 Å². The summed E-state index contributed by atoms with van der Waals surface area (Å²) in [6, 6.07) is 3.58. The Hall–Kier alpha value is -1.91. The molecule has 5 nitrogen and oxygen atoms in total. The lowest BCUT2D eigenvalue weighted by atomic mass is 10.1. The van der Waals surface area contributed by atoms with Crippen molar-refractivity contribution in [1.82, 2.24) is 10.3 Å². The zero-order valence-corrected chi connectivity index (χ0v) is 9.97. The van der Waals surface area contributed by atoms with Crippen molar-refractivity contribution in [3.8, 4) is 0 Å². The van der Waals surface area contributed by atoms with Crippen LogP contribution in [0.2, 0.25) is 0 Å². The number of carbonyl (C=O) groups is 2. The fourth-order valence-corrected chi connectivity index (χ4v) is 1.35. The van der Waals surface area contributed by atoms with Gasteiger partial charge in [-0.25, -0.2) is 0 Å². The van der Waals surface area contributed by atoms with E-state index in [0.717, 1.165) is 5.56 Å². The van der Waals surface area contributed by atoms with Gasteiger partial charge in [-0.1, -0.05) is 6.07 Å². The zero-order chi connectivity index (χ0) is 12.7. The Bertz CT molecular complexity index is 379. The van der Waals surface area contributed by atoms with E-state index in [4.69, 9.17) is 0 Å². The number of carbonyl (C=O) groups excluding carboxylic acids is 2. The Kier molecular flexibility index (Phi) is 5.13. The highest BCUT2D eigenvalue weighted by Crippen LogP contribution is 2.10. The van der Waals surface area contributed by atoms with Crippen LogP contribution in [-0.4, -0.2) is 24.0 Å². The Morgan fingerprint density at radius 3 is 2.82 bits per heavy atom. The van der Waals surface area contributed by atoms with Gasteiger partial charge in [0.2, 0.25) is 5.91 Å². The van der Waals surface area contributed by atoms with Crippen LogP contribution in [-0.2, 0) is 14.3 Å². The molecule has 0 fully saturated rings. The Labute approximate surface area is 100 Å². The van der Waals surface area contributed by atoms with Gasteiger partial charge >= 0.3 is 5.97 Å². The van der Waals surface area contributed by atoms with Crippen LogP contribution in [0.3, 0.4) is 0 Å². The van der Waals surface area contributed by atoms with Gasteiger partial charge in [0.15, 0.2) is 0 Å². The second kappa shape index (κ2) is 6.62. The molecule has 0 aliphatic carbocycles. The topological polar surface area (TPSA) is 68.3 Å². The molecule has 92 valence electrons. The largest absolute Gasteiger partial charge is 0.469 e. The fraction of sp³-hybridized carbons (Fsp3) is 0.417. The fourth-order valence-electron chi connectivity index (χ4n) is 1.35. The molecule has 1 amide bonds. The highest BCUT2D eigenvalue weighted by atomic mass is 16.5. The highest BCUT2D eigenvalue weighted by molar-refractivity contribution is 5.81. The number of nitrogens with one attached hydrogen (secondary N) is 1. The second-order valence-corrected chi connectivity index (χ2v) is 3.65. The lowest BCUT2D eigenvalue weighted by Gasteiger charge is -2.13. The summed E-state index contributed by atoms with van der Waals surface area (Å²) < 4.78 is 4.46. The van der Waals surface area contributed by atoms with Crippen molar-refractivity contribution in [2.45, 2.75) is 25.8 Å². The average Bonchev–Trinajstić information content (AvgIpc) is 2.36. The maximum Gasteiger partial charge on any atom is 0.306 e. The predicted octanol–water partition coefficient (Wildman–Crippen LogP) is 1.21. The summed E-state index contributed by atoms with van der Waals surface area (Å²) in [5.41, 5.74) is 0.930. The molecule has 0 saturated heterocycles. The summed E-state index contributed by atoms with van der Waals surface area (Å²) in [4.78, 5) is 26.3. The number of esters is 1. The lowest BCUT2D eigenvalue weighted by molar-refractivity contribution is -0.142. The van der Waals surface area contributed by atoms with Crippen molar-refractivity contribution < 1.29 is 14.3 Å². The molecule has 17 heavy (non-hydrogen) atoms. The standard InChI is InChI=1S/C12H16N2O3/c1-9(10-4-3-7-13-8-10)14-11(15)5-6-12(16)17-2/h3-4,7-9H,5-6H2,1-2H3,(H,14,15). The van der Waals surface area contributed by atoms with E-state index >= 15 is 0 Å². The number of rotatable bonds is 5. The van der Waals surface area contributed by atoms with E-state index in [-0.39, 0.29) is 30.8 Å². The first kappa shape index (κ1) is 13.2. The summed E-state index contributed by atoms with van der Waals surface area (Å²) >= 11 is 0. The van der Waals surface area contributed by atoms with Gasteiger partial charge in [0.25, 0.3) is 0 Å². The minimum atomic E-state index is -0.380. The van der Waals surface area contributed by atoms with Crippen LogP contribution in [0.4, 0.5) is 0 Å². The van der Waals surface area contributed by atoms with E-state index < -0.39 is 0 Å². The molecular formula is C12H16N2O3. The van der Waals surface area contributed by atoms with Crippen LogP contribution in [0.5, 0.6) is 0 Å². The van der Waals surface area contributed by atoms with Crippen LogP contribution >= 0.6 is 0 Å². The van der Waals surface area contributed by atoms with E-state index in [1.165, 1.54) is 7.11 Å². The Balaban J connectivity index is 2.39. The smallest absolute Gasteiger partial charge is 0.306 e. The number of aromatic nitrogens is 1. The number of hydrogen-bond acceptors (Lipinski definition) is 4. The summed E-state index contributed by atoms with van der Waals surface area (Å²) in [6.07, 6.45) is 3.61. The first-order chi connectivity index (χ1) is 8.13. The van der Waals surface area contributed by atoms with Gasteiger partial charge in [-0.3, -0.25) is 14.6 Å². The molecule has 0 bridgehead atoms. The minimum Gasteiger partial charge on any atom is -0.469 e. The van der Waals surface area contributed by atoms with E-state index in [1.54, 1.807) is 12.4 Å². The highest BCUT2D eigenvalue weighted by Gasteiger charge is 2.11. The predicted molar refractivity (Wildman–Crippen MR) is 62.0 cm³/mol. The van der Waals surface area contributed by atoms with Crippen molar-refractivity contribution in [3.05, 3.63) is 30.1 Å². The third-order valence-corrected chi connectivity index (χ3v) is 2.35. The third-order valence-electron chi connectivity index (χ3n) is 2.35. The van der Waals surface area contributed by atoms with Crippen molar-refractivity contribution in [1.29, 1.82) is 0 Å². The number of amides is 1. The summed E-state index contributed by atoms with van der Waals surface area (Å²) in [6.45, 7) is 1.87. The van der Waals surface area contributed by atoms with Crippen LogP contribution < -0.4 is 5.32 Å². The average molecular weight is 236 g/mol. The number of ether oxygens (including phenoxy) is 1. The van der Waals surface area contributed by atoms with Gasteiger partial charge in [0, 0.05) is 18.8 Å². The normalized spacial score (nSPS) is 11.6. The third kappa shape index (κ3) is 4.63. The molecule has 1 heterocycles. The molecule has 1 atom stereocenters. The molecule has 5 heteroatoms. The number of pyridine rings is 1. The maximum atomic E-state index is 11.5. The lowest BCUT2D eigenvalue weighted by Crippen LogP contribution is -2.27. The SMILES string of the molecule is COC(=O)CCC(=O)NC(C)c1cccnc1. The molecule has 0 spiro atoms. The number of methoxy groups -OCH3 is 1. The molecule has 0 aliphatic rings. The summed E-state index contributed by atoms with van der Waals surface area (Å²) in [7, 11) is 1.30. The van der Waals surface area contributed by atoms with Crippen molar-refractivity contribution in [2.75, 3.05) is 7.11 Å².